The summed E-state index contributed by atoms with van der Waals surface area (Å²) in [5, 5.41) is 14.9. The first-order valence-electron chi connectivity index (χ1n) is 7.70. The molecule has 1 aromatic carbocycles. The van der Waals surface area contributed by atoms with Crippen LogP contribution in [0.5, 0.6) is 0 Å². The molecule has 0 bridgehead atoms. The second-order valence-electron chi connectivity index (χ2n) is 5.80. The molecule has 2 aromatic heterocycles. The van der Waals surface area contributed by atoms with Gasteiger partial charge in [0.05, 0.1) is 11.6 Å². The van der Waals surface area contributed by atoms with Gasteiger partial charge in [-0.05, 0) is 37.5 Å². The highest BCUT2D eigenvalue weighted by atomic mass is 16.2. The number of piperidine rings is 1. The first-order chi connectivity index (χ1) is 11.2. The zero-order valence-electron chi connectivity index (χ0n) is 12.8. The zero-order chi connectivity index (χ0) is 15.8. The van der Waals surface area contributed by atoms with Gasteiger partial charge in [-0.15, -0.1) is 5.10 Å². The number of likely N-dealkylation sites (tertiary alicyclic amines) is 1. The second-order valence-corrected chi connectivity index (χ2v) is 5.80. The average Bonchev–Trinajstić information content (AvgIpc) is 3.24. The number of amides is 1. The molecule has 1 N–H and O–H groups in total. The normalized spacial score (nSPS) is 18.5. The molecule has 0 radical (unpaired) electrons. The van der Waals surface area contributed by atoms with Crippen LogP contribution < -0.4 is 0 Å². The maximum Gasteiger partial charge on any atom is 0.254 e. The van der Waals surface area contributed by atoms with Crippen molar-refractivity contribution in [3.63, 3.8) is 0 Å². The Balaban J connectivity index is 1.67. The molecule has 1 unspecified atom stereocenters. The van der Waals surface area contributed by atoms with E-state index in [-0.39, 0.29) is 11.9 Å². The molecule has 8 nitrogen and oxygen atoms in total. The number of rotatable bonds is 2. The van der Waals surface area contributed by atoms with Crippen LogP contribution in [-0.2, 0) is 7.05 Å². The SMILES string of the molecule is Cn1nnc2cc(C(=O)N3CCCCC3c3ncn[nH]3)ccc21. The Labute approximate surface area is 132 Å². The number of aromatic amines is 1. The summed E-state index contributed by atoms with van der Waals surface area (Å²) in [4.78, 5) is 19.1. The van der Waals surface area contributed by atoms with E-state index in [2.05, 4.69) is 25.5 Å². The van der Waals surface area contributed by atoms with Crippen molar-refractivity contribution in [3.8, 4) is 0 Å². The van der Waals surface area contributed by atoms with Crippen molar-refractivity contribution in [2.75, 3.05) is 6.54 Å². The van der Waals surface area contributed by atoms with Crippen molar-refractivity contribution < 1.29 is 4.79 Å². The molecule has 1 saturated heterocycles. The quantitative estimate of drug-likeness (QED) is 0.773. The first-order valence-corrected chi connectivity index (χ1v) is 7.70. The van der Waals surface area contributed by atoms with Crippen LogP contribution in [0.2, 0.25) is 0 Å². The van der Waals surface area contributed by atoms with Crippen LogP contribution in [0.4, 0.5) is 0 Å². The van der Waals surface area contributed by atoms with E-state index in [4.69, 9.17) is 0 Å². The topological polar surface area (TPSA) is 92.6 Å². The van der Waals surface area contributed by atoms with Crippen LogP contribution in [0.15, 0.2) is 24.5 Å². The zero-order valence-corrected chi connectivity index (χ0v) is 12.8. The number of H-pyrrole nitrogens is 1. The van der Waals surface area contributed by atoms with Crippen LogP contribution in [0.1, 0.15) is 41.5 Å². The lowest BCUT2D eigenvalue weighted by Gasteiger charge is -2.34. The van der Waals surface area contributed by atoms with Gasteiger partial charge in [-0.3, -0.25) is 9.89 Å². The van der Waals surface area contributed by atoms with E-state index in [9.17, 15) is 4.79 Å². The fraction of sp³-hybridized carbons (Fsp3) is 0.400. The number of carbonyl (C=O) groups excluding carboxylic acids is 1. The molecule has 0 aliphatic carbocycles. The Kier molecular flexibility index (Phi) is 3.29. The minimum atomic E-state index is -0.0451. The number of hydrogen-bond acceptors (Lipinski definition) is 5. The van der Waals surface area contributed by atoms with E-state index in [1.807, 2.05) is 24.1 Å². The lowest BCUT2D eigenvalue weighted by atomic mass is 10.00. The molecule has 8 heteroatoms. The van der Waals surface area contributed by atoms with Crippen molar-refractivity contribution in [2.45, 2.75) is 25.3 Å². The Morgan fingerprint density at radius 1 is 1.35 bits per heavy atom. The number of nitrogens with one attached hydrogen (secondary N) is 1. The summed E-state index contributed by atoms with van der Waals surface area (Å²) in [7, 11) is 1.83. The number of carbonyl (C=O) groups is 1. The largest absolute Gasteiger partial charge is 0.328 e. The van der Waals surface area contributed by atoms with Gasteiger partial charge in [0.2, 0.25) is 0 Å². The fourth-order valence-corrected chi connectivity index (χ4v) is 3.17. The maximum absolute atomic E-state index is 13.0. The van der Waals surface area contributed by atoms with Gasteiger partial charge in [0.25, 0.3) is 5.91 Å². The van der Waals surface area contributed by atoms with Gasteiger partial charge in [-0.1, -0.05) is 5.21 Å². The van der Waals surface area contributed by atoms with Crippen molar-refractivity contribution in [1.29, 1.82) is 0 Å². The van der Waals surface area contributed by atoms with Crippen LogP contribution in [-0.4, -0.2) is 47.5 Å². The molecule has 1 aliphatic rings. The Hall–Kier alpha value is -2.77. The number of aryl methyl sites for hydroxylation is 1. The molecule has 23 heavy (non-hydrogen) atoms. The van der Waals surface area contributed by atoms with Gasteiger partial charge in [-0.2, -0.15) is 5.10 Å². The second kappa shape index (κ2) is 5.45. The standard InChI is InChI=1S/C15H17N7O/c1-21-12-6-5-10(8-11(12)18-20-21)15(23)22-7-3-2-4-13(22)14-16-9-17-19-14/h5-6,8-9,13H,2-4,7H2,1H3,(H,16,17,19). The molecular weight excluding hydrogens is 294 g/mol. The molecular formula is C15H17N7O. The van der Waals surface area contributed by atoms with Gasteiger partial charge >= 0.3 is 0 Å². The molecule has 0 saturated carbocycles. The lowest BCUT2D eigenvalue weighted by molar-refractivity contribution is 0.0600. The van der Waals surface area contributed by atoms with Gasteiger partial charge in [0.1, 0.15) is 17.7 Å². The number of fused-ring (bicyclic) bond motifs is 1. The smallest absolute Gasteiger partial charge is 0.254 e. The molecule has 1 fully saturated rings. The molecule has 3 heterocycles. The van der Waals surface area contributed by atoms with Gasteiger partial charge in [0, 0.05) is 19.2 Å². The third-order valence-corrected chi connectivity index (χ3v) is 4.37. The lowest BCUT2D eigenvalue weighted by Crippen LogP contribution is -2.39. The highest BCUT2D eigenvalue weighted by Gasteiger charge is 2.30. The number of benzene rings is 1. The van der Waals surface area contributed by atoms with Crippen LogP contribution >= 0.6 is 0 Å². The Morgan fingerprint density at radius 3 is 3.09 bits per heavy atom. The van der Waals surface area contributed by atoms with E-state index in [1.165, 1.54) is 6.33 Å². The van der Waals surface area contributed by atoms with Crippen molar-refractivity contribution in [2.24, 2.45) is 7.05 Å². The van der Waals surface area contributed by atoms with Crippen molar-refractivity contribution in [3.05, 3.63) is 35.9 Å². The predicted molar refractivity (Wildman–Crippen MR) is 82.5 cm³/mol. The summed E-state index contributed by atoms with van der Waals surface area (Å²) < 4.78 is 1.70. The number of nitrogens with zero attached hydrogens (tertiary/aromatic N) is 6. The third-order valence-electron chi connectivity index (χ3n) is 4.37. The van der Waals surface area contributed by atoms with Gasteiger partial charge in [-0.25, -0.2) is 9.67 Å². The van der Waals surface area contributed by atoms with E-state index in [0.717, 1.165) is 42.7 Å². The maximum atomic E-state index is 13.0. The van der Waals surface area contributed by atoms with E-state index >= 15 is 0 Å². The van der Waals surface area contributed by atoms with Crippen LogP contribution in [0, 0.1) is 0 Å². The Morgan fingerprint density at radius 2 is 2.26 bits per heavy atom. The number of hydrogen-bond donors (Lipinski definition) is 1. The van der Waals surface area contributed by atoms with Crippen LogP contribution in [0.25, 0.3) is 11.0 Å². The molecule has 4 rings (SSSR count). The minimum absolute atomic E-state index is 0.00125. The molecule has 3 aromatic rings. The Bertz CT molecular complexity index is 839. The minimum Gasteiger partial charge on any atom is -0.328 e. The molecule has 1 atom stereocenters. The molecule has 118 valence electrons. The summed E-state index contributed by atoms with van der Waals surface area (Å²) in [6.45, 7) is 0.725. The number of aromatic nitrogens is 6. The van der Waals surface area contributed by atoms with Gasteiger partial charge < -0.3 is 4.90 Å². The monoisotopic (exact) mass is 311 g/mol. The highest BCUT2D eigenvalue weighted by molar-refractivity contribution is 5.97. The van der Waals surface area contributed by atoms with E-state index in [0.29, 0.717) is 5.56 Å². The molecule has 1 amide bonds. The van der Waals surface area contributed by atoms with Crippen LogP contribution in [0.3, 0.4) is 0 Å². The fourth-order valence-electron chi connectivity index (χ4n) is 3.17. The summed E-state index contributed by atoms with van der Waals surface area (Å²) in [6.07, 6.45) is 4.47. The summed E-state index contributed by atoms with van der Waals surface area (Å²) >= 11 is 0. The van der Waals surface area contributed by atoms with E-state index in [1.54, 1.807) is 10.7 Å². The summed E-state index contributed by atoms with van der Waals surface area (Å²) in [5.74, 6) is 0.747. The van der Waals surface area contributed by atoms with E-state index < -0.39 is 0 Å². The third kappa shape index (κ3) is 2.36. The van der Waals surface area contributed by atoms with Gasteiger partial charge in [0.15, 0.2) is 0 Å². The average molecular weight is 311 g/mol. The first kappa shape index (κ1) is 13.9. The highest BCUT2D eigenvalue weighted by Crippen LogP contribution is 2.30. The molecule has 0 spiro atoms. The van der Waals surface area contributed by atoms with Crippen molar-refractivity contribution >= 4 is 16.9 Å². The summed E-state index contributed by atoms with van der Waals surface area (Å²) in [5.41, 5.74) is 2.27. The van der Waals surface area contributed by atoms with Crippen molar-refractivity contribution in [1.82, 2.24) is 35.1 Å². The molecule has 1 aliphatic heterocycles. The predicted octanol–water partition coefficient (Wildman–Crippen LogP) is 1.45. The summed E-state index contributed by atoms with van der Waals surface area (Å²) in [6, 6.07) is 5.48.